The number of carbonyl (C=O) groups excluding carboxylic acids is 1. The van der Waals surface area contributed by atoms with Crippen LogP contribution in [0.15, 0.2) is 48.5 Å². The molecule has 1 aromatic heterocycles. The molecule has 0 fully saturated rings. The Bertz CT molecular complexity index is 987. The van der Waals surface area contributed by atoms with Crippen molar-refractivity contribution in [2.75, 3.05) is 6.54 Å². The van der Waals surface area contributed by atoms with Crippen LogP contribution in [0.25, 0.3) is 16.9 Å². The van der Waals surface area contributed by atoms with Gasteiger partial charge in [0.05, 0.1) is 11.4 Å². The minimum Gasteiger partial charge on any atom is -0.351 e. The van der Waals surface area contributed by atoms with Crippen molar-refractivity contribution in [3.63, 3.8) is 0 Å². The molecule has 0 aliphatic carbocycles. The van der Waals surface area contributed by atoms with Crippen LogP contribution in [0.3, 0.4) is 0 Å². The summed E-state index contributed by atoms with van der Waals surface area (Å²) in [6.07, 6.45) is 4.53. The normalized spacial score (nSPS) is 10.9. The van der Waals surface area contributed by atoms with Crippen molar-refractivity contribution in [1.82, 2.24) is 15.1 Å². The standard InChI is InChI=1S/C25H31N3O/c1-5-6-7-8-14-26-25(29)24-17-23(21-13-12-19(3)20(4)16-21)27-28(24)22-11-9-10-18(2)15-22/h9-13,15-17H,5-8,14H2,1-4H3,(H,26,29). The fraction of sp³-hybridized carbons (Fsp3) is 0.360. The molecular formula is C25H31N3O. The van der Waals surface area contributed by atoms with E-state index in [1.165, 1.54) is 24.0 Å². The summed E-state index contributed by atoms with van der Waals surface area (Å²) in [5.74, 6) is -0.0782. The summed E-state index contributed by atoms with van der Waals surface area (Å²) in [6.45, 7) is 9.12. The molecule has 0 bridgehead atoms. The molecular weight excluding hydrogens is 358 g/mol. The molecule has 0 saturated carbocycles. The lowest BCUT2D eigenvalue weighted by atomic mass is 10.0. The van der Waals surface area contributed by atoms with Crippen LogP contribution >= 0.6 is 0 Å². The van der Waals surface area contributed by atoms with Crippen LogP contribution in [0.2, 0.25) is 0 Å². The second-order valence-electron chi connectivity index (χ2n) is 7.78. The first kappa shape index (κ1) is 20.8. The summed E-state index contributed by atoms with van der Waals surface area (Å²) >= 11 is 0. The molecule has 0 aliphatic heterocycles. The number of rotatable bonds is 8. The van der Waals surface area contributed by atoms with E-state index in [2.05, 4.69) is 50.4 Å². The Morgan fingerprint density at radius 1 is 0.966 bits per heavy atom. The highest BCUT2D eigenvalue weighted by Crippen LogP contribution is 2.24. The molecule has 0 atom stereocenters. The summed E-state index contributed by atoms with van der Waals surface area (Å²) in [7, 11) is 0. The van der Waals surface area contributed by atoms with Gasteiger partial charge in [0, 0.05) is 12.1 Å². The van der Waals surface area contributed by atoms with Gasteiger partial charge in [-0.1, -0.05) is 50.5 Å². The van der Waals surface area contributed by atoms with Crippen molar-refractivity contribution in [2.45, 2.75) is 53.4 Å². The molecule has 29 heavy (non-hydrogen) atoms. The molecule has 3 aromatic rings. The Kier molecular flexibility index (Phi) is 6.86. The van der Waals surface area contributed by atoms with E-state index in [1.54, 1.807) is 4.68 Å². The Morgan fingerprint density at radius 3 is 2.52 bits per heavy atom. The van der Waals surface area contributed by atoms with E-state index in [9.17, 15) is 4.79 Å². The Morgan fingerprint density at radius 2 is 1.79 bits per heavy atom. The molecule has 1 N–H and O–H groups in total. The van der Waals surface area contributed by atoms with Gasteiger partial charge in [-0.15, -0.1) is 0 Å². The van der Waals surface area contributed by atoms with E-state index in [0.717, 1.165) is 35.3 Å². The molecule has 0 saturated heterocycles. The zero-order valence-corrected chi connectivity index (χ0v) is 18.0. The predicted octanol–water partition coefficient (Wildman–Crippen LogP) is 5.77. The predicted molar refractivity (Wildman–Crippen MR) is 120 cm³/mol. The van der Waals surface area contributed by atoms with Crippen LogP contribution < -0.4 is 5.32 Å². The average molecular weight is 390 g/mol. The lowest BCUT2D eigenvalue weighted by Gasteiger charge is -2.09. The number of aryl methyl sites for hydroxylation is 3. The van der Waals surface area contributed by atoms with Gasteiger partial charge >= 0.3 is 0 Å². The quantitative estimate of drug-likeness (QED) is 0.497. The van der Waals surface area contributed by atoms with Crippen LogP contribution in [0.5, 0.6) is 0 Å². The van der Waals surface area contributed by atoms with Gasteiger partial charge in [0.2, 0.25) is 0 Å². The summed E-state index contributed by atoms with van der Waals surface area (Å²) < 4.78 is 1.76. The van der Waals surface area contributed by atoms with E-state index >= 15 is 0 Å². The molecule has 1 amide bonds. The molecule has 152 valence electrons. The molecule has 0 spiro atoms. The summed E-state index contributed by atoms with van der Waals surface area (Å²) in [5.41, 5.74) is 6.90. The third-order valence-electron chi connectivity index (χ3n) is 5.31. The van der Waals surface area contributed by atoms with Gasteiger partial charge < -0.3 is 5.32 Å². The van der Waals surface area contributed by atoms with Crippen LogP contribution in [-0.2, 0) is 0 Å². The van der Waals surface area contributed by atoms with Crippen LogP contribution in [0.1, 0.15) is 59.8 Å². The molecule has 2 aromatic carbocycles. The fourth-order valence-corrected chi connectivity index (χ4v) is 3.39. The molecule has 0 aliphatic rings. The first-order valence-electron chi connectivity index (χ1n) is 10.5. The number of aromatic nitrogens is 2. The highest BCUT2D eigenvalue weighted by atomic mass is 16.2. The zero-order chi connectivity index (χ0) is 20.8. The zero-order valence-electron chi connectivity index (χ0n) is 18.0. The maximum absolute atomic E-state index is 13.0. The molecule has 4 heteroatoms. The van der Waals surface area contributed by atoms with Gasteiger partial charge in [-0.2, -0.15) is 5.10 Å². The van der Waals surface area contributed by atoms with Crippen LogP contribution in [0.4, 0.5) is 0 Å². The summed E-state index contributed by atoms with van der Waals surface area (Å²) in [4.78, 5) is 13.0. The van der Waals surface area contributed by atoms with E-state index in [4.69, 9.17) is 5.10 Å². The van der Waals surface area contributed by atoms with Gasteiger partial charge in [0.1, 0.15) is 5.69 Å². The largest absolute Gasteiger partial charge is 0.351 e. The first-order chi connectivity index (χ1) is 14.0. The van der Waals surface area contributed by atoms with Crippen molar-refractivity contribution in [3.05, 3.63) is 70.9 Å². The molecule has 0 radical (unpaired) electrons. The number of hydrogen-bond acceptors (Lipinski definition) is 2. The molecule has 4 nitrogen and oxygen atoms in total. The van der Waals surface area contributed by atoms with Crippen LogP contribution in [0, 0.1) is 20.8 Å². The Labute approximate surface area is 174 Å². The number of hydrogen-bond donors (Lipinski definition) is 1. The summed E-state index contributed by atoms with van der Waals surface area (Å²) in [5, 5.41) is 7.87. The maximum Gasteiger partial charge on any atom is 0.270 e. The SMILES string of the molecule is CCCCCCNC(=O)c1cc(-c2ccc(C)c(C)c2)nn1-c1cccc(C)c1. The lowest BCUT2D eigenvalue weighted by Crippen LogP contribution is -2.26. The number of nitrogens with one attached hydrogen (secondary N) is 1. The van der Waals surface area contributed by atoms with Gasteiger partial charge in [-0.3, -0.25) is 4.79 Å². The molecule has 0 unspecified atom stereocenters. The van der Waals surface area contributed by atoms with E-state index in [1.807, 2.05) is 31.2 Å². The van der Waals surface area contributed by atoms with Crippen molar-refractivity contribution < 1.29 is 4.79 Å². The maximum atomic E-state index is 13.0. The number of unbranched alkanes of at least 4 members (excludes halogenated alkanes) is 3. The van der Waals surface area contributed by atoms with Crippen molar-refractivity contribution in [3.8, 4) is 16.9 Å². The number of benzene rings is 2. The smallest absolute Gasteiger partial charge is 0.270 e. The van der Waals surface area contributed by atoms with Crippen molar-refractivity contribution >= 4 is 5.91 Å². The lowest BCUT2D eigenvalue weighted by molar-refractivity contribution is 0.0945. The van der Waals surface area contributed by atoms with Gasteiger partial charge in [-0.05, 0) is 68.1 Å². The van der Waals surface area contributed by atoms with Crippen LogP contribution in [-0.4, -0.2) is 22.2 Å². The minimum atomic E-state index is -0.0782. The third kappa shape index (κ3) is 5.14. The second kappa shape index (κ2) is 9.55. The second-order valence-corrected chi connectivity index (χ2v) is 7.78. The van der Waals surface area contributed by atoms with E-state index in [-0.39, 0.29) is 5.91 Å². The van der Waals surface area contributed by atoms with Crippen molar-refractivity contribution in [2.24, 2.45) is 0 Å². The van der Waals surface area contributed by atoms with Gasteiger partial charge in [0.25, 0.3) is 5.91 Å². The Hall–Kier alpha value is -2.88. The number of amides is 1. The van der Waals surface area contributed by atoms with Crippen molar-refractivity contribution in [1.29, 1.82) is 0 Å². The fourth-order valence-electron chi connectivity index (χ4n) is 3.39. The number of carbonyl (C=O) groups is 1. The van der Waals surface area contributed by atoms with Gasteiger partial charge in [0.15, 0.2) is 0 Å². The van der Waals surface area contributed by atoms with E-state index in [0.29, 0.717) is 12.2 Å². The number of nitrogens with zero attached hydrogens (tertiary/aromatic N) is 2. The first-order valence-corrected chi connectivity index (χ1v) is 10.5. The highest BCUT2D eigenvalue weighted by Gasteiger charge is 2.17. The molecule has 3 rings (SSSR count). The third-order valence-corrected chi connectivity index (χ3v) is 5.31. The topological polar surface area (TPSA) is 46.9 Å². The summed E-state index contributed by atoms with van der Waals surface area (Å²) in [6, 6.07) is 16.3. The highest BCUT2D eigenvalue weighted by molar-refractivity contribution is 5.94. The minimum absolute atomic E-state index is 0.0782. The monoisotopic (exact) mass is 389 g/mol. The van der Waals surface area contributed by atoms with Gasteiger partial charge in [-0.25, -0.2) is 4.68 Å². The molecule has 1 heterocycles. The average Bonchev–Trinajstić information content (AvgIpc) is 3.15. The Balaban J connectivity index is 1.93. The van der Waals surface area contributed by atoms with E-state index < -0.39 is 0 Å².